The smallest absolute Gasteiger partial charge is 0.239 e. The summed E-state index contributed by atoms with van der Waals surface area (Å²) >= 11 is 0. The maximum absolute atomic E-state index is 11.1. The number of nitrogen functional groups attached to an aromatic ring is 1. The highest BCUT2D eigenvalue weighted by molar-refractivity contribution is 5.81. The highest BCUT2D eigenvalue weighted by Crippen LogP contribution is 2.15. The van der Waals surface area contributed by atoms with Crippen LogP contribution in [0.3, 0.4) is 0 Å². The van der Waals surface area contributed by atoms with E-state index in [4.69, 9.17) is 5.73 Å². The Kier molecular flexibility index (Phi) is 3.34. The highest BCUT2D eigenvalue weighted by Gasteiger charge is 2.05. The zero-order valence-electron chi connectivity index (χ0n) is 8.45. The number of benzene rings is 1. The van der Waals surface area contributed by atoms with Crippen molar-refractivity contribution in [2.24, 2.45) is 0 Å². The van der Waals surface area contributed by atoms with Crippen molar-refractivity contribution in [2.45, 2.75) is 0 Å². The molecule has 1 rings (SSSR count). The second-order valence-corrected chi connectivity index (χ2v) is 3.12. The molecule has 0 aliphatic heterocycles. The van der Waals surface area contributed by atoms with E-state index in [0.29, 0.717) is 12.2 Å². The number of likely N-dealkylation sites (N-methyl/N-ethyl adjacent to an activating group) is 2. The third-order valence-corrected chi connectivity index (χ3v) is 1.97. The Hall–Kier alpha value is -1.71. The molecule has 0 unspecified atom stereocenters. The summed E-state index contributed by atoms with van der Waals surface area (Å²) in [6, 6.07) is 7.44. The maximum Gasteiger partial charge on any atom is 0.239 e. The molecule has 0 aromatic heterocycles. The number of rotatable bonds is 3. The third-order valence-electron chi connectivity index (χ3n) is 1.97. The van der Waals surface area contributed by atoms with Crippen LogP contribution in [0.15, 0.2) is 24.3 Å². The van der Waals surface area contributed by atoms with Gasteiger partial charge in [0, 0.05) is 25.5 Å². The van der Waals surface area contributed by atoms with E-state index >= 15 is 0 Å². The van der Waals surface area contributed by atoms with Crippen LogP contribution in [0, 0.1) is 0 Å². The first-order valence-corrected chi connectivity index (χ1v) is 4.40. The van der Waals surface area contributed by atoms with E-state index in [1.165, 1.54) is 0 Å². The zero-order chi connectivity index (χ0) is 10.6. The van der Waals surface area contributed by atoms with Crippen molar-refractivity contribution in [3.63, 3.8) is 0 Å². The second-order valence-electron chi connectivity index (χ2n) is 3.12. The summed E-state index contributed by atoms with van der Waals surface area (Å²) in [5.74, 6) is -0.0186. The van der Waals surface area contributed by atoms with Crippen LogP contribution in [0.5, 0.6) is 0 Å². The predicted molar refractivity (Wildman–Crippen MR) is 58.2 cm³/mol. The molecule has 4 nitrogen and oxygen atoms in total. The van der Waals surface area contributed by atoms with Gasteiger partial charge in [0.2, 0.25) is 5.91 Å². The Bertz CT molecular complexity index is 325. The maximum atomic E-state index is 11.1. The number of nitrogens with two attached hydrogens (primary N) is 1. The fraction of sp³-hybridized carbons (Fsp3) is 0.300. The molecule has 14 heavy (non-hydrogen) atoms. The van der Waals surface area contributed by atoms with E-state index in [-0.39, 0.29) is 5.91 Å². The average molecular weight is 193 g/mol. The molecular formula is C10H15N3O. The molecule has 0 aliphatic carbocycles. The minimum atomic E-state index is -0.0186. The van der Waals surface area contributed by atoms with E-state index in [9.17, 15) is 4.79 Å². The number of hydrogen-bond donors (Lipinski definition) is 2. The van der Waals surface area contributed by atoms with Gasteiger partial charge in [-0.3, -0.25) is 4.79 Å². The highest BCUT2D eigenvalue weighted by atomic mass is 16.1. The molecule has 0 saturated heterocycles. The van der Waals surface area contributed by atoms with Crippen LogP contribution in [0.1, 0.15) is 0 Å². The topological polar surface area (TPSA) is 58.4 Å². The number of nitrogens with zero attached hydrogens (tertiary/aromatic N) is 1. The van der Waals surface area contributed by atoms with Crippen molar-refractivity contribution in [3.8, 4) is 0 Å². The largest absolute Gasteiger partial charge is 0.399 e. The van der Waals surface area contributed by atoms with Crippen LogP contribution in [-0.4, -0.2) is 26.5 Å². The molecule has 3 N–H and O–H groups in total. The average Bonchev–Trinajstić information content (AvgIpc) is 2.17. The van der Waals surface area contributed by atoms with Crippen LogP contribution in [-0.2, 0) is 4.79 Å². The van der Waals surface area contributed by atoms with Crippen molar-refractivity contribution in [1.29, 1.82) is 0 Å². The molecule has 1 aromatic carbocycles. The number of anilines is 2. The van der Waals surface area contributed by atoms with E-state index in [0.717, 1.165) is 5.69 Å². The van der Waals surface area contributed by atoms with Gasteiger partial charge in [-0.25, -0.2) is 0 Å². The number of amides is 1. The zero-order valence-corrected chi connectivity index (χ0v) is 8.45. The van der Waals surface area contributed by atoms with E-state index in [2.05, 4.69) is 5.32 Å². The molecule has 0 radical (unpaired) electrons. The van der Waals surface area contributed by atoms with E-state index in [1.54, 1.807) is 7.05 Å². The van der Waals surface area contributed by atoms with Crippen molar-refractivity contribution in [2.75, 3.05) is 31.3 Å². The Morgan fingerprint density at radius 3 is 2.86 bits per heavy atom. The van der Waals surface area contributed by atoms with Crippen molar-refractivity contribution in [3.05, 3.63) is 24.3 Å². The third kappa shape index (κ3) is 2.65. The van der Waals surface area contributed by atoms with Crippen LogP contribution < -0.4 is 16.0 Å². The molecule has 1 aromatic rings. The van der Waals surface area contributed by atoms with Crippen molar-refractivity contribution in [1.82, 2.24) is 5.32 Å². The first kappa shape index (κ1) is 10.4. The number of hydrogen-bond acceptors (Lipinski definition) is 3. The Morgan fingerprint density at radius 2 is 2.29 bits per heavy atom. The molecule has 1 amide bonds. The molecule has 76 valence electrons. The quantitative estimate of drug-likeness (QED) is 0.685. The van der Waals surface area contributed by atoms with Gasteiger partial charge >= 0.3 is 0 Å². The lowest BCUT2D eigenvalue weighted by Crippen LogP contribution is -2.32. The molecule has 0 bridgehead atoms. The summed E-state index contributed by atoms with van der Waals surface area (Å²) in [5.41, 5.74) is 7.27. The van der Waals surface area contributed by atoms with E-state index < -0.39 is 0 Å². The van der Waals surface area contributed by atoms with Gasteiger partial charge in [-0.15, -0.1) is 0 Å². The van der Waals surface area contributed by atoms with Gasteiger partial charge in [0.05, 0.1) is 6.54 Å². The lowest BCUT2D eigenvalue weighted by Gasteiger charge is -2.18. The molecule has 0 aliphatic rings. The lowest BCUT2D eigenvalue weighted by molar-refractivity contribution is -0.119. The van der Waals surface area contributed by atoms with Crippen molar-refractivity contribution >= 4 is 17.3 Å². The van der Waals surface area contributed by atoms with Crippen LogP contribution in [0.2, 0.25) is 0 Å². The normalized spacial score (nSPS) is 9.57. The lowest BCUT2D eigenvalue weighted by atomic mass is 10.2. The Morgan fingerprint density at radius 1 is 1.57 bits per heavy atom. The molecule has 0 saturated carbocycles. The van der Waals surface area contributed by atoms with Gasteiger partial charge in [-0.1, -0.05) is 6.07 Å². The van der Waals surface area contributed by atoms with Crippen LogP contribution in [0.25, 0.3) is 0 Å². The van der Waals surface area contributed by atoms with Gasteiger partial charge in [-0.05, 0) is 18.2 Å². The number of carbonyl (C=O) groups is 1. The molecule has 0 fully saturated rings. The van der Waals surface area contributed by atoms with Gasteiger partial charge < -0.3 is 16.0 Å². The summed E-state index contributed by atoms with van der Waals surface area (Å²) < 4.78 is 0. The molecule has 4 heteroatoms. The molecule has 0 heterocycles. The van der Waals surface area contributed by atoms with Crippen LogP contribution in [0.4, 0.5) is 11.4 Å². The van der Waals surface area contributed by atoms with Gasteiger partial charge in [0.15, 0.2) is 0 Å². The predicted octanol–water partition coefficient (Wildman–Crippen LogP) is 0.451. The summed E-state index contributed by atoms with van der Waals surface area (Å²) in [5, 5.41) is 2.57. The fourth-order valence-electron chi connectivity index (χ4n) is 1.15. The molecular weight excluding hydrogens is 178 g/mol. The van der Waals surface area contributed by atoms with Crippen LogP contribution >= 0.6 is 0 Å². The van der Waals surface area contributed by atoms with Crippen molar-refractivity contribution < 1.29 is 4.79 Å². The van der Waals surface area contributed by atoms with Gasteiger partial charge in [-0.2, -0.15) is 0 Å². The number of carbonyl (C=O) groups excluding carboxylic acids is 1. The monoisotopic (exact) mass is 193 g/mol. The Labute approximate surface area is 83.7 Å². The summed E-state index contributed by atoms with van der Waals surface area (Å²) in [6.45, 7) is 0.333. The summed E-state index contributed by atoms with van der Waals surface area (Å²) in [6.07, 6.45) is 0. The molecule has 0 spiro atoms. The van der Waals surface area contributed by atoms with E-state index in [1.807, 2.05) is 36.2 Å². The Balaban J connectivity index is 2.69. The first-order chi connectivity index (χ1) is 6.63. The fourth-order valence-corrected chi connectivity index (χ4v) is 1.15. The van der Waals surface area contributed by atoms with Gasteiger partial charge in [0.1, 0.15) is 0 Å². The number of nitrogens with one attached hydrogen (secondary N) is 1. The standard InChI is InChI=1S/C10H15N3O/c1-12-10(14)7-13(2)9-5-3-4-8(11)6-9/h3-6H,7,11H2,1-2H3,(H,12,14). The molecule has 0 atom stereocenters. The first-order valence-electron chi connectivity index (χ1n) is 4.40. The SMILES string of the molecule is CNC(=O)CN(C)c1cccc(N)c1. The summed E-state index contributed by atoms with van der Waals surface area (Å²) in [7, 11) is 3.47. The second kappa shape index (κ2) is 4.50. The minimum absolute atomic E-state index is 0.0186. The minimum Gasteiger partial charge on any atom is -0.399 e. The van der Waals surface area contributed by atoms with Gasteiger partial charge in [0.25, 0.3) is 0 Å². The summed E-state index contributed by atoms with van der Waals surface area (Å²) in [4.78, 5) is 12.9.